The van der Waals surface area contributed by atoms with Crippen molar-refractivity contribution in [2.45, 2.75) is 0 Å². The number of nitrogens with two attached hydrogens (primary N) is 2. The van der Waals surface area contributed by atoms with Gasteiger partial charge in [-0.3, -0.25) is 0 Å². The Balaban J connectivity index is 0.000000260. The minimum absolute atomic E-state index is 0.123. The van der Waals surface area contributed by atoms with Gasteiger partial charge >= 0.3 is 23.9 Å². The maximum absolute atomic E-state index is 11.1. The summed E-state index contributed by atoms with van der Waals surface area (Å²) in [6, 6.07) is 17.9. The predicted molar refractivity (Wildman–Crippen MR) is 138 cm³/mol. The van der Waals surface area contributed by atoms with E-state index in [0.29, 0.717) is 11.4 Å². The predicted octanol–water partition coefficient (Wildman–Crippen LogP) is 4.90. The molecular weight excluding hydrogens is 496 g/mol. The Hall–Kier alpha value is -5.78. The number of nitrogen functional groups attached to an aromatic ring is 2. The molecule has 0 saturated heterocycles. The highest BCUT2D eigenvalue weighted by Gasteiger charge is 2.12. The molecule has 0 aliphatic rings. The molecular formula is C26H20N4O8. The van der Waals surface area contributed by atoms with E-state index in [1.807, 2.05) is 24.3 Å². The molecule has 0 heterocycles. The Morgan fingerprint density at radius 2 is 1.00 bits per heavy atom. The summed E-state index contributed by atoms with van der Waals surface area (Å²) in [4.78, 5) is 43.2. The van der Waals surface area contributed by atoms with E-state index in [1.165, 1.54) is 24.3 Å². The molecule has 0 atom stereocenters. The van der Waals surface area contributed by atoms with Crippen LogP contribution in [0.2, 0.25) is 0 Å². The van der Waals surface area contributed by atoms with Crippen LogP contribution >= 0.6 is 0 Å². The van der Waals surface area contributed by atoms with Crippen LogP contribution in [-0.4, -0.2) is 44.3 Å². The van der Waals surface area contributed by atoms with Gasteiger partial charge in [-0.1, -0.05) is 24.3 Å². The van der Waals surface area contributed by atoms with Crippen LogP contribution in [0.15, 0.2) is 83.0 Å². The molecule has 0 aliphatic heterocycles. The first-order valence-electron chi connectivity index (χ1n) is 10.6. The number of benzene rings is 4. The highest BCUT2D eigenvalue weighted by Crippen LogP contribution is 2.31. The maximum Gasteiger partial charge on any atom is 0.335 e. The number of hydrogen-bond donors (Lipinski definition) is 6. The molecule has 4 aromatic carbocycles. The topological polar surface area (TPSA) is 226 Å². The summed E-state index contributed by atoms with van der Waals surface area (Å²) in [5, 5.41) is 45.1. The van der Waals surface area contributed by atoms with Gasteiger partial charge in [-0.15, -0.1) is 5.11 Å². The van der Waals surface area contributed by atoms with Gasteiger partial charge in [0.2, 0.25) is 0 Å². The third kappa shape index (κ3) is 6.46. The van der Waals surface area contributed by atoms with Crippen molar-refractivity contribution < 1.29 is 39.6 Å². The van der Waals surface area contributed by atoms with Crippen LogP contribution < -0.4 is 11.5 Å². The summed E-state index contributed by atoms with van der Waals surface area (Å²) in [5.41, 5.74) is 12.1. The molecule has 38 heavy (non-hydrogen) atoms. The fourth-order valence-corrected chi connectivity index (χ4v) is 3.32. The Morgan fingerprint density at radius 3 is 1.47 bits per heavy atom. The lowest BCUT2D eigenvalue weighted by Crippen LogP contribution is -2.03. The molecule has 12 nitrogen and oxygen atoms in total. The number of carboxylic acid groups (broad SMARTS) is 4. The molecule has 0 unspecified atom stereocenters. The van der Waals surface area contributed by atoms with Gasteiger partial charge in [0.15, 0.2) is 0 Å². The third-order valence-electron chi connectivity index (χ3n) is 5.07. The van der Waals surface area contributed by atoms with E-state index in [0.717, 1.165) is 22.9 Å². The Labute approximate surface area is 214 Å². The zero-order valence-electron chi connectivity index (χ0n) is 19.4. The quantitative estimate of drug-likeness (QED) is 0.150. The summed E-state index contributed by atoms with van der Waals surface area (Å²) in [5.74, 6) is -4.88. The van der Waals surface area contributed by atoms with Crippen molar-refractivity contribution in [3.8, 4) is 0 Å². The summed E-state index contributed by atoms with van der Waals surface area (Å²) in [7, 11) is 0. The second-order valence-electron chi connectivity index (χ2n) is 7.75. The van der Waals surface area contributed by atoms with Crippen LogP contribution in [0, 0.1) is 0 Å². The van der Waals surface area contributed by atoms with Crippen molar-refractivity contribution in [3.63, 3.8) is 0 Å². The first-order valence-corrected chi connectivity index (χ1v) is 10.6. The first kappa shape index (κ1) is 26.8. The summed E-state index contributed by atoms with van der Waals surface area (Å²) < 4.78 is 0. The van der Waals surface area contributed by atoms with E-state index in [1.54, 1.807) is 12.1 Å². The average molecular weight is 516 g/mol. The van der Waals surface area contributed by atoms with Gasteiger partial charge in [-0.2, -0.15) is 5.11 Å². The number of azo groups is 1. The van der Waals surface area contributed by atoms with Crippen molar-refractivity contribution >= 4 is 57.4 Å². The Bertz CT molecular complexity index is 1550. The number of carboxylic acids is 4. The normalized spacial score (nSPS) is 10.5. The summed E-state index contributed by atoms with van der Waals surface area (Å²) in [6.45, 7) is 0. The molecule has 8 N–H and O–H groups in total. The number of nitrogens with zero attached hydrogens (tertiary/aromatic N) is 2. The molecule has 12 heteroatoms. The van der Waals surface area contributed by atoms with Crippen molar-refractivity contribution in [3.05, 3.63) is 95.1 Å². The second-order valence-corrected chi connectivity index (χ2v) is 7.75. The molecule has 0 aliphatic carbocycles. The lowest BCUT2D eigenvalue weighted by atomic mass is 10.1. The standard InChI is InChI=1S/C18H13N3O4.C8H7NO4/c19-15-5-6-16(14-4-2-1-3-13(14)15)21-20-12-8-10(17(22)23)7-11(9-12)18(24)25;9-6-2-4(7(10)11)1-5(3-6)8(12)13/h1-9H,19H2,(H,22,23)(H,24,25);1-3H,9H2,(H,10,11)(H,12,13). The van der Waals surface area contributed by atoms with E-state index in [-0.39, 0.29) is 33.6 Å². The molecule has 0 aromatic heterocycles. The number of aromatic carboxylic acids is 4. The average Bonchev–Trinajstić information content (AvgIpc) is 2.88. The van der Waals surface area contributed by atoms with Gasteiger partial charge in [-0.05, 0) is 48.5 Å². The van der Waals surface area contributed by atoms with Crippen LogP contribution in [0.25, 0.3) is 10.8 Å². The first-order chi connectivity index (χ1) is 18.0. The van der Waals surface area contributed by atoms with Crippen molar-refractivity contribution in [1.82, 2.24) is 0 Å². The second kappa shape index (κ2) is 11.3. The van der Waals surface area contributed by atoms with Crippen LogP contribution in [0.3, 0.4) is 0 Å². The van der Waals surface area contributed by atoms with Crippen molar-refractivity contribution in [2.24, 2.45) is 10.2 Å². The van der Waals surface area contributed by atoms with Gasteiger partial charge in [0.25, 0.3) is 0 Å². The summed E-state index contributed by atoms with van der Waals surface area (Å²) in [6.07, 6.45) is 0. The highest BCUT2D eigenvalue weighted by atomic mass is 16.4. The van der Waals surface area contributed by atoms with Gasteiger partial charge < -0.3 is 31.9 Å². The van der Waals surface area contributed by atoms with Gasteiger partial charge in [-0.25, -0.2) is 19.2 Å². The fourth-order valence-electron chi connectivity index (χ4n) is 3.32. The van der Waals surface area contributed by atoms with Gasteiger partial charge in [0.05, 0.1) is 33.6 Å². The smallest absolute Gasteiger partial charge is 0.335 e. The van der Waals surface area contributed by atoms with Gasteiger partial charge in [0, 0.05) is 22.1 Å². The number of hydrogen-bond acceptors (Lipinski definition) is 8. The molecule has 0 saturated carbocycles. The zero-order valence-corrected chi connectivity index (χ0v) is 19.4. The highest BCUT2D eigenvalue weighted by molar-refractivity contribution is 6.00. The number of carbonyl (C=O) groups is 4. The van der Waals surface area contributed by atoms with Crippen LogP contribution in [0.1, 0.15) is 41.4 Å². The molecule has 4 rings (SSSR count). The lowest BCUT2D eigenvalue weighted by Gasteiger charge is -2.04. The van der Waals surface area contributed by atoms with E-state index in [4.69, 9.17) is 31.9 Å². The SMILES string of the molecule is Nc1cc(C(=O)O)cc(C(=O)O)c1.Nc1ccc(N=Nc2cc(C(=O)O)cc(C(=O)O)c2)c2ccccc12. The lowest BCUT2D eigenvalue weighted by molar-refractivity contribution is 0.0676. The van der Waals surface area contributed by atoms with E-state index >= 15 is 0 Å². The van der Waals surface area contributed by atoms with Crippen molar-refractivity contribution in [2.75, 3.05) is 11.5 Å². The number of fused-ring (bicyclic) bond motifs is 1. The molecule has 4 aromatic rings. The molecule has 0 amide bonds. The zero-order chi connectivity index (χ0) is 28.0. The largest absolute Gasteiger partial charge is 0.478 e. The molecule has 0 radical (unpaired) electrons. The van der Waals surface area contributed by atoms with Crippen molar-refractivity contribution in [1.29, 1.82) is 0 Å². The van der Waals surface area contributed by atoms with Crippen LogP contribution in [0.4, 0.5) is 22.7 Å². The van der Waals surface area contributed by atoms with E-state index in [9.17, 15) is 19.2 Å². The maximum atomic E-state index is 11.1. The Kier molecular flexibility index (Phi) is 7.98. The summed E-state index contributed by atoms with van der Waals surface area (Å²) >= 11 is 0. The van der Waals surface area contributed by atoms with Crippen LogP contribution in [0.5, 0.6) is 0 Å². The number of rotatable bonds is 6. The van der Waals surface area contributed by atoms with E-state index in [2.05, 4.69) is 10.2 Å². The van der Waals surface area contributed by atoms with Crippen LogP contribution in [-0.2, 0) is 0 Å². The molecule has 192 valence electrons. The number of anilines is 2. The fraction of sp³-hybridized carbons (Fsp3) is 0. The molecule has 0 bridgehead atoms. The minimum atomic E-state index is -1.24. The molecule has 0 spiro atoms. The monoisotopic (exact) mass is 516 g/mol. The van der Waals surface area contributed by atoms with E-state index < -0.39 is 23.9 Å². The third-order valence-corrected chi connectivity index (χ3v) is 5.07. The minimum Gasteiger partial charge on any atom is -0.478 e. The van der Waals surface area contributed by atoms with Gasteiger partial charge in [0.1, 0.15) is 0 Å². The molecule has 0 fully saturated rings. The Morgan fingerprint density at radius 1 is 0.553 bits per heavy atom.